The molecule has 3 heterocycles. The normalized spacial score (nSPS) is 20.2. The van der Waals surface area contributed by atoms with Crippen molar-refractivity contribution in [1.29, 1.82) is 10.5 Å². The van der Waals surface area contributed by atoms with Crippen LogP contribution in [-0.2, 0) is 43.1 Å². The number of piperidine rings is 3. The Kier molecular flexibility index (Phi) is 27.2. The molecule has 0 spiro atoms. The van der Waals surface area contributed by atoms with Gasteiger partial charge in [-0.15, -0.1) is 0 Å². The molecule has 0 radical (unpaired) electrons. The van der Waals surface area contributed by atoms with Gasteiger partial charge in [-0.05, 0) is 162 Å². The van der Waals surface area contributed by atoms with Crippen LogP contribution >= 0.6 is 0 Å². The fraction of sp³-hybridized carbons (Fsp3) is 0.487. The fourth-order valence-electron chi connectivity index (χ4n) is 15.0. The Balaban J connectivity index is 0.000000152. The first-order valence-corrected chi connectivity index (χ1v) is 33.5. The lowest BCUT2D eigenvalue weighted by atomic mass is 9.63. The molecule has 6 aromatic rings. The predicted molar refractivity (Wildman–Crippen MR) is 348 cm³/mol. The number of nitrogens with zero attached hydrogens (tertiary/aromatic N) is 3. The largest absolute Gasteiger partial charge is 1.00 e. The Morgan fingerprint density at radius 2 is 0.727 bits per heavy atom. The zero-order valence-electron chi connectivity index (χ0n) is 52.5. The smallest absolute Gasteiger partial charge is 0.314 e. The van der Waals surface area contributed by atoms with Crippen molar-refractivity contribution in [3.8, 4) is 12.1 Å². The topological polar surface area (TPSA) is 114 Å². The van der Waals surface area contributed by atoms with E-state index in [0.717, 1.165) is 69.2 Å². The van der Waals surface area contributed by atoms with Crippen LogP contribution in [0.4, 0.5) is 0 Å². The number of hydrogen-bond acceptors (Lipinski definition) is 4. The molecule has 1 amide bonds. The van der Waals surface area contributed by atoms with Crippen molar-refractivity contribution in [3.63, 3.8) is 0 Å². The maximum absolute atomic E-state index is 12.8. The number of halogens is 2. The predicted octanol–water partition coefficient (Wildman–Crippen LogP) is 8.06. The lowest BCUT2D eigenvalue weighted by Crippen LogP contribution is -3.14. The van der Waals surface area contributed by atoms with Gasteiger partial charge < -0.3 is 44.6 Å². The number of carboxylic acid groups (broad SMARTS) is 1. The molecule has 5 aliphatic carbocycles. The van der Waals surface area contributed by atoms with E-state index < -0.39 is 11.4 Å². The molecule has 468 valence electrons. The quantitative estimate of drug-likeness (QED) is 0.115. The number of carbonyl (C=O) groups is 2. The number of aliphatic carboxylic acids is 1. The van der Waals surface area contributed by atoms with Crippen LogP contribution in [0.3, 0.4) is 0 Å². The van der Waals surface area contributed by atoms with Gasteiger partial charge in [0.05, 0.1) is 74.1 Å². The third kappa shape index (κ3) is 17.6. The summed E-state index contributed by atoms with van der Waals surface area (Å²) in [7, 11) is 0. The van der Waals surface area contributed by atoms with Crippen LogP contribution in [0.15, 0.2) is 182 Å². The SMILES string of the molecule is N#CC1(c2ccccc2)CCC1.N#CCc1ccccc1.O=C(N1CCCCC1)C1(c2ccccc2)CCC1.O=C(O)C1(c2ccccc2)CCC1.[Cl-].[Cl-].c1ccc(C2(C[NH+]3CCCCC3)CCC2)cc1.c1ccc(C2(C[NH+]3CCCCC3)CCC2)cc1. The second kappa shape index (κ2) is 34.6. The lowest BCUT2D eigenvalue weighted by molar-refractivity contribution is -0.910. The highest BCUT2D eigenvalue weighted by molar-refractivity contribution is 5.89. The van der Waals surface area contributed by atoms with Crippen molar-refractivity contribution in [3.05, 3.63) is 215 Å². The third-order valence-corrected chi connectivity index (χ3v) is 21.1. The zero-order valence-corrected chi connectivity index (χ0v) is 54.0. The molecule has 8 fully saturated rings. The molecule has 0 bridgehead atoms. The van der Waals surface area contributed by atoms with Crippen LogP contribution in [0.25, 0.3) is 0 Å². The molecule has 6 aromatic carbocycles. The van der Waals surface area contributed by atoms with Gasteiger partial charge in [0.2, 0.25) is 5.91 Å². The van der Waals surface area contributed by atoms with Crippen LogP contribution < -0.4 is 34.6 Å². The van der Waals surface area contributed by atoms with Crippen LogP contribution in [0.5, 0.6) is 0 Å². The van der Waals surface area contributed by atoms with Gasteiger partial charge in [0.15, 0.2) is 0 Å². The van der Waals surface area contributed by atoms with E-state index in [2.05, 4.69) is 114 Å². The highest BCUT2D eigenvalue weighted by Gasteiger charge is 2.49. The summed E-state index contributed by atoms with van der Waals surface area (Å²) in [5.41, 5.74) is 7.84. The van der Waals surface area contributed by atoms with Crippen LogP contribution in [-0.4, -0.2) is 74.2 Å². The summed E-state index contributed by atoms with van der Waals surface area (Å²) in [6.45, 7) is 10.3. The molecule has 0 unspecified atom stereocenters. The monoisotopic (exact) mass is 1220 g/mol. The number of hydrogen-bond donors (Lipinski definition) is 3. The number of rotatable bonds is 12. The van der Waals surface area contributed by atoms with E-state index in [0.29, 0.717) is 23.2 Å². The Morgan fingerprint density at radius 3 is 1.03 bits per heavy atom. The number of carbonyl (C=O) groups excluding carboxylic acids is 1. The highest BCUT2D eigenvalue weighted by Crippen LogP contribution is 2.47. The fourth-order valence-corrected chi connectivity index (χ4v) is 15.0. The summed E-state index contributed by atoms with van der Waals surface area (Å²) < 4.78 is 0. The van der Waals surface area contributed by atoms with Crippen molar-refractivity contribution in [2.45, 2.75) is 188 Å². The van der Waals surface area contributed by atoms with E-state index in [1.54, 1.807) is 11.1 Å². The summed E-state index contributed by atoms with van der Waals surface area (Å²) in [6.07, 6.45) is 30.5. The summed E-state index contributed by atoms with van der Waals surface area (Å²) in [4.78, 5) is 29.8. The zero-order chi connectivity index (χ0) is 59.8. The first-order chi connectivity index (χ1) is 42.2. The average Bonchev–Trinajstić information content (AvgIpc) is 2.47. The van der Waals surface area contributed by atoms with Crippen molar-refractivity contribution >= 4 is 11.9 Å². The minimum atomic E-state index is -0.676. The van der Waals surface area contributed by atoms with Gasteiger partial charge in [-0.25, -0.2) is 0 Å². The van der Waals surface area contributed by atoms with Crippen LogP contribution in [0, 0.1) is 22.7 Å². The number of amides is 1. The van der Waals surface area contributed by atoms with E-state index in [9.17, 15) is 9.59 Å². The molecule has 0 aromatic heterocycles. The van der Waals surface area contributed by atoms with Gasteiger partial charge in [-0.3, -0.25) is 9.59 Å². The molecule has 8 aliphatic rings. The number of carboxylic acids is 1. The standard InChI is InChI=1S/C16H21NO.2C16H23N.C11H11N.C11H12O2.C8H7N.2ClH/c18-15(17-12-5-2-6-13-17)16(10-7-11-16)14-8-3-1-4-9-14;2*1-3-8-15(9-4-1)16(10-7-11-16)14-17-12-5-2-6-13-17;12-9-11(7-4-8-11)10-5-2-1-3-6-10;12-10(13)11(7-4-8-11)9-5-2-1-3-6-9;9-7-6-8-4-2-1-3-5-8;;/h1,3-4,8-9H,2,5-7,10-13H2;2*1,3-4,8-9H,2,5-7,10-14H2;1-3,5-6H,4,7-8H2;1-3,5-6H,4,7-8H2,(H,12,13);1-5H,6H2;2*1H. The van der Waals surface area contributed by atoms with Gasteiger partial charge in [-0.2, -0.15) is 10.5 Å². The van der Waals surface area contributed by atoms with E-state index in [4.69, 9.17) is 15.6 Å². The second-order valence-corrected chi connectivity index (χ2v) is 26.5. The lowest BCUT2D eigenvalue weighted by Gasteiger charge is -2.45. The van der Waals surface area contributed by atoms with Gasteiger partial charge in [0, 0.05) is 23.9 Å². The summed E-state index contributed by atoms with van der Waals surface area (Å²) in [5, 5.41) is 26.4. The van der Waals surface area contributed by atoms with Crippen molar-refractivity contribution in [1.82, 2.24) is 4.90 Å². The van der Waals surface area contributed by atoms with E-state index in [1.807, 2.05) is 94.7 Å². The molecule has 3 saturated heterocycles. The van der Waals surface area contributed by atoms with Gasteiger partial charge in [-0.1, -0.05) is 208 Å². The van der Waals surface area contributed by atoms with Crippen LogP contribution in [0.1, 0.15) is 187 Å². The summed E-state index contributed by atoms with van der Waals surface area (Å²) >= 11 is 0. The minimum Gasteiger partial charge on any atom is -1.00 e. The number of nitriles is 2. The molecule has 10 heteroatoms. The molecule has 14 rings (SSSR count). The van der Waals surface area contributed by atoms with E-state index >= 15 is 0 Å². The van der Waals surface area contributed by atoms with E-state index in [1.165, 1.54) is 160 Å². The third-order valence-electron chi connectivity index (χ3n) is 21.1. The summed E-state index contributed by atoms with van der Waals surface area (Å²) in [6, 6.07) is 66.8. The molecule has 8 nitrogen and oxygen atoms in total. The van der Waals surface area contributed by atoms with Crippen molar-refractivity contribution < 1.29 is 49.3 Å². The van der Waals surface area contributed by atoms with Gasteiger partial charge in [0.25, 0.3) is 0 Å². The Bertz CT molecular complexity index is 2950. The molecule has 0 atom stereocenters. The Morgan fingerprint density at radius 1 is 0.398 bits per heavy atom. The number of nitrogens with one attached hydrogen (secondary N) is 2. The Labute approximate surface area is 541 Å². The number of likely N-dealkylation sites (tertiary alicyclic amines) is 3. The highest BCUT2D eigenvalue weighted by atomic mass is 35.5. The first kappa shape index (κ1) is 69.2. The van der Waals surface area contributed by atoms with Crippen LogP contribution in [0.2, 0.25) is 0 Å². The number of benzene rings is 6. The molecule has 3 N–H and O–H groups in total. The maximum Gasteiger partial charge on any atom is 0.314 e. The minimum absolute atomic E-state index is 0. The molecule has 88 heavy (non-hydrogen) atoms. The summed E-state index contributed by atoms with van der Waals surface area (Å²) in [5.74, 6) is -0.287. The molecule has 5 saturated carbocycles. The van der Waals surface area contributed by atoms with E-state index in [-0.39, 0.29) is 35.6 Å². The maximum atomic E-state index is 12.8. The Hall–Kier alpha value is -6.26. The molecule has 3 aliphatic heterocycles. The second-order valence-electron chi connectivity index (χ2n) is 26.5. The average molecular weight is 1230 g/mol. The van der Waals surface area contributed by atoms with Crippen molar-refractivity contribution in [2.75, 3.05) is 52.4 Å². The van der Waals surface area contributed by atoms with Crippen molar-refractivity contribution in [2.24, 2.45) is 0 Å². The molecular weight excluding hydrogens is 1130 g/mol. The molecular formula is C78H99Cl2N5O3. The van der Waals surface area contributed by atoms with Gasteiger partial charge >= 0.3 is 5.97 Å². The number of quaternary nitrogens is 2. The van der Waals surface area contributed by atoms with Gasteiger partial charge in [0.1, 0.15) is 0 Å². The first-order valence-electron chi connectivity index (χ1n) is 33.5.